The summed E-state index contributed by atoms with van der Waals surface area (Å²) in [5, 5.41) is 0. The Morgan fingerprint density at radius 2 is 1.93 bits per heavy atom. The molecule has 0 spiro atoms. The molecule has 14 heavy (non-hydrogen) atoms. The molecule has 82 valence electrons. The zero-order valence-corrected chi connectivity index (χ0v) is 9.72. The van der Waals surface area contributed by atoms with Crippen LogP contribution >= 0.6 is 0 Å². The number of ketones is 1. The molecule has 0 bridgehead atoms. The van der Waals surface area contributed by atoms with Crippen molar-refractivity contribution in [3.8, 4) is 0 Å². The molecule has 0 saturated carbocycles. The first-order valence-corrected chi connectivity index (χ1v) is 5.77. The topological polar surface area (TPSA) is 17.1 Å². The summed E-state index contributed by atoms with van der Waals surface area (Å²) >= 11 is 0. The van der Waals surface area contributed by atoms with Crippen molar-refractivity contribution in [1.82, 2.24) is 0 Å². The number of carbonyl (C=O) groups is 1. The van der Waals surface area contributed by atoms with Crippen LogP contribution in [-0.4, -0.2) is 5.78 Å². The second kappa shape index (κ2) is 8.98. The molecule has 0 unspecified atom stereocenters. The summed E-state index contributed by atoms with van der Waals surface area (Å²) < 4.78 is 0. The molecule has 0 rings (SSSR count). The fourth-order valence-electron chi connectivity index (χ4n) is 1.62. The lowest BCUT2D eigenvalue weighted by Crippen LogP contribution is -1.93. The van der Waals surface area contributed by atoms with Crippen LogP contribution in [0.4, 0.5) is 0 Å². The van der Waals surface area contributed by atoms with Crippen LogP contribution in [0, 0.1) is 5.92 Å². The van der Waals surface area contributed by atoms with Crippen LogP contribution in [0.2, 0.25) is 0 Å². The molecular weight excluding hydrogens is 172 g/mol. The molecule has 1 heteroatoms. The minimum absolute atomic E-state index is 0.324. The zero-order chi connectivity index (χ0) is 10.8. The van der Waals surface area contributed by atoms with Crippen molar-refractivity contribution in [2.24, 2.45) is 5.92 Å². The molecular formula is C13H24O. The van der Waals surface area contributed by atoms with Gasteiger partial charge >= 0.3 is 0 Å². The lowest BCUT2D eigenvalue weighted by Gasteiger charge is -2.07. The van der Waals surface area contributed by atoms with Crippen molar-refractivity contribution < 1.29 is 4.79 Å². The van der Waals surface area contributed by atoms with Gasteiger partial charge in [-0.3, -0.25) is 0 Å². The van der Waals surface area contributed by atoms with Gasteiger partial charge in [-0.1, -0.05) is 38.7 Å². The summed E-state index contributed by atoms with van der Waals surface area (Å²) in [5.74, 6) is 1.10. The van der Waals surface area contributed by atoms with E-state index in [4.69, 9.17) is 0 Å². The second-order valence-corrected chi connectivity index (χ2v) is 4.28. The molecule has 1 atom stereocenters. The summed E-state index contributed by atoms with van der Waals surface area (Å²) in [5.41, 5.74) is 0. The third-order valence-corrected chi connectivity index (χ3v) is 2.54. The first-order chi connectivity index (χ1) is 6.66. The Morgan fingerprint density at radius 1 is 1.29 bits per heavy atom. The van der Waals surface area contributed by atoms with Gasteiger partial charge in [0.15, 0.2) is 0 Å². The number of Topliss-reactive ketones (excluding diaryl/α,β-unsaturated/α-hetero) is 1. The predicted molar refractivity (Wildman–Crippen MR) is 62.4 cm³/mol. The van der Waals surface area contributed by atoms with Gasteiger partial charge in [0.1, 0.15) is 5.78 Å². The van der Waals surface area contributed by atoms with Crippen molar-refractivity contribution in [2.75, 3.05) is 0 Å². The van der Waals surface area contributed by atoms with E-state index in [-0.39, 0.29) is 0 Å². The van der Waals surface area contributed by atoms with E-state index < -0.39 is 0 Å². The highest BCUT2D eigenvalue weighted by molar-refractivity contribution is 5.75. The van der Waals surface area contributed by atoms with Crippen LogP contribution in [-0.2, 0) is 4.79 Å². The predicted octanol–water partition coefficient (Wildman–Crippen LogP) is 4.13. The molecule has 0 aromatic carbocycles. The van der Waals surface area contributed by atoms with E-state index in [0.717, 1.165) is 25.2 Å². The van der Waals surface area contributed by atoms with E-state index in [9.17, 15) is 4.79 Å². The van der Waals surface area contributed by atoms with Crippen LogP contribution < -0.4 is 0 Å². The van der Waals surface area contributed by atoms with Gasteiger partial charge in [0.05, 0.1) is 0 Å². The highest BCUT2D eigenvalue weighted by atomic mass is 16.1. The maximum Gasteiger partial charge on any atom is 0.129 e. The second-order valence-electron chi connectivity index (χ2n) is 4.28. The minimum Gasteiger partial charge on any atom is -0.300 e. The Morgan fingerprint density at radius 3 is 2.50 bits per heavy atom. The van der Waals surface area contributed by atoms with Gasteiger partial charge in [0.2, 0.25) is 0 Å². The van der Waals surface area contributed by atoms with Gasteiger partial charge in [-0.15, -0.1) is 6.58 Å². The zero-order valence-electron chi connectivity index (χ0n) is 9.72. The van der Waals surface area contributed by atoms with Gasteiger partial charge in [-0.25, -0.2) is 0 Å². The summed E-state index contributed by atoms with van der Waals surface area (Å²) in [6.45, 7) is 7.69. The molecule has 0 aromatic heterocycles. The third kappa shape index (κ3) is 9.50. The van der Waals surface area contributed by atoms with Crippen LogP contribution in [0.25, 0.3) is 0 Å². The number of rotatable bonds is 9. The van der Waals surface area contributed by atoms with Crippen molar-refractivity contribution in [2.45, 2.75) is 58.8 Å². The molecule has 0 amide bonds. The lowest BCUT2D eigenvalue weighted by molar-refractivity contribution is -0.117. The molecule has 0 fully saturated rings. The van der Waals surface area contributed by atoms with Crippen molar-refractivity contribution in [3.05, 3.63) is 12.7 Å². The molecule has 0 aliphatic carbocycles. The molecule has 1 nitrogen and oxygen atoms in total. The van der Waals surface area contributed by atoms with Crippen molar-refractivity contribution in [3.63, 3.8) is 0 Å². The van der Waals surface area contributed by atoms with Crippen molar-refractivity contribution >= 4 is 5.78 Å². The fourth-order valence-corrected chi connectivity index (χ4v) is 1.62. The minimum atomic E-state index is 0.324. The molecule has 0 aliphatic heterocycles. The maximum atomic E-state index is 10.7. The van der Waals surface area contributed by atoms with E-state index >= 15 is 0 Å². The smallest absolute Gasteiger partial charge is 0.129 e. The lowest BCUT2D eigenvalue weighted by atomic mass is 9.99. The normalized spacial score (nSPS) is 12.4. The van der Waals surface area contributed by atoms with Gasteiger partial charge in [-0.2, -0.15) is 0 Å². The molecule has 0 saturated heterocycles. The first kappa shape index (κ1) is 13.4. The highest BCUT2D eigenvalue weighted by Crippen LogP contribution is 2.14. The molecule has 0 aliphatic rings. The Kier molecular flexibility index (Phi) is 8.61. The van der Waals surface area contributed by atoms with E-state index in [1.807, 2.05) is 6.08 Å². The molecule has 0 radical (unpaired) electrons. The van der Waals surface area contributed by atoms with Gasteiger partial charge in [0, 0.05) is 6.42 Å². The molecule has 0 aromatic rings. The average Bonchev–Trinajstić information content (AvgIpc) is 2.11. The number of allylic oxidation sites excluding steroid dienone is 1. The standard InChI is InChI=1S/C13H24O/c1-4-9-12(2)10-7-5-6-8-11-13(3)14/h4,12H,1,5-11H2,2-3H3/t12-/m0/s1. The number of hydrogen-bond donors (Lipinski definition) is 0. The number of unbranched alkanes of at least 4 members (excludes halogenated alkanes) is 3. The van der Waals surface area contributed by atoms with E-state index in [2.05, 4.69) is 13.5 Å². The van der Waals surface area contributed by atoms with Gasteiger partial charge in [-0.05, 0) is 25.7 Å². The summed E-state index contributed by atoms with van der Waals surface area (Å²) in [4.78, 5) is 10.7. The highest BCUT2D eigenvalue weighted by Gasteiger charge is 1.99. The van der Waals surface area contributed by atoms with E-state index in [1.54, 1.807) is 6.92 Å². The van der Waals surface area contributed by atoms with Crippen molar-refractivity contribution in [1.29, 1.82) is 0 Å². The third-order valence-electron chi connectivity index (χ3n) is 2.54. The Hall–Kier alpha value is -0.590. The quantitative estimate of drug-likeness (QED) is 0.400. The summed E-state index contributed by atoms with van der Waals surface area (Å²) in [6.07, 6.45) is 10.1. The van der Waals surface area contributed by atoms with Crippen LogP contribution in [0.5, 0.6) is 0 Å². The van der Waals surface area contributed by atoms with Crippen LogP contribution in [0.3, 0.4) is 0 Å². The SMILES string of the molecule is C=CC[C@H](C)CCCCCCC(C)=O. The first-order valence-electron chi connectivity index (χ1n) is 5.77. The van der Waals surface area contributed by atoms with Gasteiger partial charge in [0.25, 0.3) is 0 Å². The van der Waals surface area contributed by atoms with Gasteiger partial charge < -0.3 is 4.79 Å². The fraction of sp³-hybridized carbons (Fsp3) is 0.769. The maximum absolute atomic E-state index is 10.7. The van der Waals surface area contributed by atoms with Crippen LogP contribution in [0.15, 0.2) is 12.7 Å². The Balaban J connectivity index is 3.12. The summed E-state index contributed by atoms with van der Waals surface area (Å²) in [7, 11) is 0. The average molecular weight is 196 g/mol. The molecule has 0 N–H and O–H groups in total. The monoisotopic (exact) mass is 196 g/mol. The Bertz CT molecular complexity index is 161. The Labute approximate surface area is 88.6 Å². The summed E-state index contributed by atoms with van der Waals surface area (Å²) in [6, 6.07) is 0. The number of hydrogen-bond acceptors (Lipinski definition) is 1. The van der Waals surface area contributed by atoms with E-state index in [1.165, 1.54) is 25.7 Å². The van der Waals surface area contributed by atoms with Crippen LogP contribution in [0.1, 0.15) is 58.8 Å². The molecule has 0 heterocycles. The van der Waals surface area contributed by atoms with E-state index in [0.29, 0.717) is 5.78 Å². The number of carbonyl (C=O) groups excluding carboxylic acids is 1. The largest absolute Gasteiger partial charge is 0.300 e.